The molecule has 0 atom stereocenters. The van der Waals surface area contributed by atoms with Crippen molar-refractivity contribution in [2.45, 2.75) is 0 Å². The number of rotatable bonds is 0. The highest BCUT2D eigenvalue weighted by atomic mass is 79.9. The van der Waals surface area contributed by atoms with Gasteiger partial charge >= 0.3 is 0 Å². The lowest BCUT2D eigenvalue weighted by molar-refractivity contribution is 1.75. The van der Waals surface area contributed by atoms with Gasteiger partial charge in [-0.25, -0.2) is 0 Å². The standard InChI is InChI=1S/C8H7BrN2S/c9-4-1-2-5(10)7-6(11)3-12-8(4)7/h1-3H,10-11H2. The predicted octanol–water partition coefficient (Wildman–Crippen LogP) is 2.83. The molecule has 2 rings (SSSR count). The van der Waals surface area contributed by atoms with E-state index in [2.05, 4.69) is 15.9 Å². The second-order valence-electron chi connectivity index (χ2n) is 2.53. The highest BCUT2D eigenvalue weighted by molar-refractivity contribution is 9.10. The number of halogens is 1. The Labute approximate surface area is 82.3 Å². The first-order valence-electron chi connectivity index (χ1n) is 3.41. The van der Waals surface area contributed by atoms with Gasteiger partial charge in [-0.2, -0.15) is 0 Å². The largest absolute Gasteiger partial charge is 0.398 e. The Morgan fingerprint density at radius 2 is 1.92 bits per heavy atom. The van der Waals surface area contributed by atoms with Crippen LogP contribution in [0.25, 0.3) is 10.1 Å². The summed E-state index contributed by atoms with van der Waals surface area (Å²) in [5.41, 5.74) is 13.0. The van der Waals surface area contributed by atoms with Crippen molar-refractivity contribution in [1.29, 1.82) is 0 Å². The molecule has 0 spiro atoms. The summed E-state index contributed by atoms with van der Waals surface area (Å²) in [5, 5.41) is 2.88. The Bertz CT molecular complexity index is 436. The number of hydrogen-bond donors (Lipinski definition) is 2. The molecule has 2 nitrogen and oxygen atoms in total. The summed E-state index contributed by atoms with van der Waals surface area (Å²) >= 11 is 5.05. The normalized spacial score (nSPS) is 10.8. The average Bonchev–Trinajstić information content (AvgIpc) is 2.42. The van der Waals surface area contributed by atoms with E-state index in [1.165, 1.54) is 0 Å². The fourth-order valence-corrected chi connectivity index (χ4v) is 2.67. The highest BCUT2D eigenvalue weighted by Gasteiger charge is 2.06. The lowest BCUT2D eigenvalue weighted by atomic mass is 10.2. The molecule has 0 amide bonds. The molecular weight excluding hydrogens is 236 g/mol. The molecule has 1 aromatic heterocycles. The van der Waals surface area contributed by atoms with Gasteiger partial charge in [-0.05, 0) is 28.1 Å². The lowest BCUT2D eigenvalue weighted by Crippen LogP contribution is -1.88. The Morgan fingerprint density at radius 1 is 1.17 bits per heavy atom. The number of benzene rings is 1. The summed E-state index contributed by atoms with van der Waals surface area (Å²) in [6.07, 6.45) is 0. The van der Waals surface area contributed by atoms with E-state index in [0.29, 0.717) is 0 Å². The van der Waals surface area contributed by atoms with Gasteiger partial charge in [-0.3, -0.25) is 0 Å². The SMILES string of the molecule is Nc1ccc(Br)c2scc(N)c12. The van der Waals surface area contributed by atoms with Gasteiger partial charge in [0.25, 0.3) is 0 Å². The zero-order chi connectivity index (χ0) is 8.72. The van der Waals surface area contributed by atoms with Gasteiger partial charge in [0.1, 0.15) is 0 Å². The molecule has 0 aliphatic heterocycles. The van der Waals surface area contributed by atoms with Crippen LogP contribution in [0.5, 0.6) is 0 Å². The molecule has 0 radical (unpaired) electrons. The van der Waals surface area contributed by atoms with Crippen LogP contribution in [0.3, 0.4) is 0 Å². The minimum Gasteiger partial charge on any atom is -0.398 e. The third-order valence-corrected chi connectivity index (χ3v) is 3.69. The molecule has 12 heavy (non-hydrogen) atoms. The van der Waals surface area contributed by atoms with Crippen LogP contribution in [0.4, 0.5) is 11.4 Å². The van der Waals surface area contributed by atoms with Crippen molar-refractivity contribution >= 4 is 48.7 Å². The van der Waals surface area contributed by atoms with Gasteiger partial charge in [0.05, 0.1) is 10.4 Å². The van der Waals surface area contributed by atoms with Crippen molar-refractivity contribution in [3.63, 3.8) is 0 Å². The van der Waals surface area contributed by atoms with Crippen molar-refractivity contribution < 1.29 is 0 Å². The number of fused-ring (bicyclic) bond motifs is 1. The smallest absolute Gasteiger partial charge is 0.0527 e. The molecule has 2 aromatic rings. The minimum absolute atomic E-state index is 0.743. The molecule has 0 saturated carbocycles. The van der Waals surface area contributed by atoms with Crippen LogP contribution in [-0.2, 0) is 0 Å². The van der Waals surface area contributed by atoms with E-state index in [-0.39, 0.29) is 0 Å². The summed E-state index contributed by atoms with van der Waals surface area (Å²) in [4.78, 5) is 0. The van der Waals surface area contributed by atoms with Crippen molar-refractivity contribution in [2.75, 3.05) is 11.5 Å². The summed E-state index contributed by atoms with van der Waals surface area (Å²) in [6, 6.07) is 3.79. The molecule has 4 N–H and O–H groups in total. The van der Waals surface area contributed by atoms with E-state index < -0.39 is 0 Å². The van der Waals surface area contributed by atoms with E-state index in [1.54, 1.807) is 11.3 Å². The van der Waals surface area contributed by atoms with Crippen molar-refractivity contribution in [3.8, 4) is 0 Å². The number of hydrogen-bond acceptors (Lipinski definition) is 3. The Hall–Kier alpha value is -0.740. The Morgan fingerprint density at radius 3 is 2.58 bits per heavy atom. The van der Waals surface area contributed by atoms with E-state index in [1.807, 2.05) is 17.5 Å². The third kappa shape index (κ3) is 0.990. The van der Waals surface area contributed by atoms with Crippen molar-refractivity contribution in [3.05, 3.63) is 22.0 Å². The molecule has 0 aliphatic rings. The molecule has 0 aliphatic carbocycles. The first-order valence-corrected chi connectivity index (χ1v) is 5.08. The zero-order valence-corrected chi connectivity index (χ0v) is 8.58. The average molecular weight is 243 g/mol. The molecule has 0 bridgehead atoms. The fourth-order valence-electron chi connectivity index (χ4n) is 1.17. The van der Waals surface area contributed by atoms with Crippen LogP contribution in [0.1, 0.15) is 0 Å². The minimum atomic E-state index is 0.743. The van der Waals surface area contributed by atoms with Crippen LogP contribution in [0.15, 0.2) is 22.0 Å². The fraction of sp³-hybridized carbons (Fsp3) is 0. The summed E-state index contributed by atoms with van der Waals surface area (Å²) in [7, 11) is 0. The maximum atomic E-state index is 5.78. The number of nitrogens with two attached hydrogens (primary N) is 2. The maximum Gasteiger partial charge on any atom is 0.0527 e. The first kappa shape index (κ1) is 7.89. The molecule has 4 heteroatoms. The molecular formula is C8H7BrN2S. The molecule has 0 unspecified atom stereocenters. The molecule has 0 fully saturated rings. The third-order valence-electron chi connectivity index (χ3n) is 1.73. The molecule has 1 heterocycles. The number of anilines is 2. The van der Waals surface area contributed by atoms with Gasteiger partial charge in [0.15, 0.2) is 0 Å². The van der Waals surface area contributed by atoms with Gasteiger partial charge in [-0.15, -0.1) is 11.3 Å². The quantitative estimate of drug-likeness (QED) is 0.699. The maximum absolute atomic E-state index is 5.78. The number of nitrogen functional groups attached to an aromatic ring is 2. The highest BCUT2D eigenvalue weighted by Crippen LogP contribution is 2.37. The second kappa shape index (κ2) is 2.64. The van der Waals surface area contributed by atoms with Gasteiger partial charge in [0, 0.05) is 20.9 Å². The van der Waals surface area contributed by atoms with Crippen LogP contribution >= 0.6 is 27.3 Å². The molecule has 0 saturated heterocycles. The predicted molar refractivity (Wildman–Crippen MR) is 58.3 cm³/mol. The second-order valence-corrected chi connectivity index (χ2v) is 4.27. The Kier molecular flexibility index (Phi) is 1.73. The van der Waals surface area contributed by atoms with E-state index in [9.17, 15) is 0 Å². The van der Waals surface area contributed by atoms with Crippen LogP contribution < -0.4 is 11.5 Å². The summed E-state index contributed by atoms with van der Waals surface area (Å²) in [6.45, 7) is 0. The first-order chi connectivity index (χ1) is 5.70. The molecule has 1 aromatic carbocycles. The van der Waals surface area contributed by atoms with Gasteiger partial charge < -0.3 is 11.5 Å². The Balaban J connectivity index is 2.98. The molecule has 62 valence electrons. The summed E-state index contributed by atoms with van der Waals surface area (Å²) in [5.74, 6) is 0. The van der Waals surface area contributed by atoms with Crippen molar-refractivity contribution in [2.24, 2.45) is 0 Å². The summed E-state index contributed by atoms with van der Waals surface area (Å²) < 4.78 is 2.17. The van der Waals surface area contributed by atoms with Gasteiger partial charge in [-0.1, -0.05) is 0 Å². The number of thiophene rings is 1. The topological polar surface area (TPSA) is 52.0 Å². The van der Waals surface area contributed by atoms with Gasteiger partial charge in [0.2, 0.25) is 0 Å². The lowest BCUT2D eigenvalue weighted by Gasteiger charge is -1.98. The van der Waals surface area contributed by atoms with E-state index in [0.717, 1.165) is 25.9 Å². The van der Waals surface area contributed by atoms with E-state index >= 15 is 0 Å². The monoisotopic (exact) mass is 242 g/mol. The van der Waals surface area contributed by atoms with Crippen molar-refractivity contribution in [1.82, 2.24) is 0 Å². The van der Waals surface area contributed by atoms with Crippen LogP contribution in [0.2, 0.25) is 0 Å². The zero-order valence-electron chi connectivity index (χ0n) is 6.17. The van der Waals surface area contributed by atoms with E-state index in [4.69, 9.17) is 11.5 Å². The van der Waals surface area contributed by atoms with Crippen LogP contribution in [-0.4, -0.2) is 0 Å². The van der Waals surface area contributed by atoms with Crippen LogP contribution in [0, 0.1) is 0 Å².